The fourth-order valence-electron chi connectivity index (χ4n) is 2.23. The number of rotatable bonds is 3. The predicted molar refractivity (Wildman–Crippen MR) is 72.9 cm³/mol. The Morgan fingerprint density at radius 1 is 1.44 bits per heavy atom. The van der Waals surface area contributed by atoms with Crippen molar-refractivity contribution >= 4 is 27.5 Å². The number of allylic oxidation sites excluding steroid dienone is 1. The molecule has 1 aliphatic rings. The summed E-state index contributed by atoms with van der Waals surface area (Å²) in [6.07, 6.45) is 5.97. The molecule has 0 bridgehead atoms. The van der Waals surface area contributed by atoms with E-state index in [0.29, 0.717) is 0 Å². The van der Waals surface area contributed by atoms with Crippen LogP contribution >= 0.6 is 27.5 Å². The number of nitrogens with one attached hydrogen (secondary N) is 1. The lowest BCUT2D eigenvalue weighted by Crippen LogP contribution is -2.18. The van der Waals surface area contributed by atoms with Crippen molar-refractivity contribution in [2.75, 3.05) is 7.05 Å². The summed E-state index contributed by atoms with van der Waals surface area (Å²) < 4.78 is 1.02. The smallest absolute Gasteiger partial charge is 0.0548 e. The number of halogens is 2. The molecule has 1 aromatic rings. The highest BCUT2D eigenvalue weighted by Crippen LogP contribution is 2.34. The Kier molecular flexibility index (Phi) is 4.06. The SMILES string of the molecule is CNC(C1=CCCC1)c1ccc(Br)cc1Cl. The van der Waals surface area contributed by atoms with E-state index < -0.39 is 0 Å². The van der Waals surface area contributed by atoms with Crippen molar-refractivity contribution in [2.45, 2.75) is 25.3 Å². The first-order valence-electron chi connectivity index (χ1n) is 5.53. The normalized spacial score (nSPS) is 17.3. The van der Waals surface area contributed by atoms with Gasteiger partial charge in [-0.1, -0.05) is 45.2 Å². The summed E-state index contributed by atoms with van der Waals surface area (Å²) in [4.78, 5) is 0. The van der Waals surface area contributed by atoms with Crippen molar-refractivity contribution in [2.24, 2.45) is 0 Å². The second-order valence-electron chi connectivity index (χ2n) is 4.06. The van der Waals surface area contributed by atoms with Gasteiger partial charge in [-0.3, -0.25) is 0 Å². The average molecular weight is 301 g/mol. The minimum absolute atomic E-state index is 0.267. The zero-order valence-electron chi connectivity index (χ0n) is 9.26. The second kappa shape index (κ2) is 5.35. The summed E-state index contributed by atoms with van der Waals surface area (Å²) in [5.41, 5.74) is 2.63. The second-order valence-corrected chi connectivity index (χ2v) is 5.38. The van der Waals surface area contributed by atoms with Crippen LogP contribution in [0.2, 0.25) is 5.02 Å². The van der Waals surface area contributed by atoms with E-state index >= 15 is 0 Å². The van der Waals surface area contributed by atoms with Gasteiger partial charge in [0.15, 0.2) is 0 Å². The van der Waals surface area contributed by atoms with E-state index in [4.69, 9.17) is 11.6 Å². The van der Waals surface area contributed by atoms with Gasteiger partial charge in [-0.15, -0.1) is 0 Å². The molecule has 2 rings (SSSR count). The molecule has 3 heteroatoms. The Bertz CT molecular complexity index is 414. The molecule has 0 radical (unpaired) electrons. The number of hydrogen-bond acceptors (Lipinski definition) is 1. The molecule has 1 aliphatic carbocycles. The molecule has 0 saturated carbocycles. The summed E-state index contributed by atoms with van der Waals surface area (Å²) in [6.45, 7) is 0. The van der Waals surface area contributed by atoms with Gasteiger partial charge in [-0.05, 0) is 44.0 Å². The first-order chi connectivity index (χ1) is 7.72. The molecule has 0 spiro atoms. The number of benzene rings is 1. The molecule has 86 valence electrons. The van der Waals surface area contributed by atoms with Gasteiger partial charge in [0.2, 0.25) is 0 Å². The Balaban J connectivity index is 2.32. The van der Waals surface area contributed by atoms with Gasteiger partial charge in [-0.25, -0.2) is 0 Å². The molecule has 0 saturated heterocycles. The van der Waals surface area contributed by atoms with Gasteiger partial charge >= 0.3 is 0 Å². The van der Waals surface area contributed by atoms with E-state index in [0.717, 1.165) is 9.50 Å². The maximum absolute atomic E-state index is 6.28. The molecule has 0 fully saturated rings. The van der Waals surface area contributed by atoms with E-state index in [9.17, 15) is 0 Å². The Morgan fingerprint density at radius 3 is 2.81 bits per heavy atom. The predicted octanol–water partition coefficient (Wildman–Crippen LogP) is 4.47. The van der Waals surface area contributed by atoms with Crippen molar-refractivity contribution in [3.05, 3.63) is 44.9 Å². The molecule has 1 aromatic carbocycles. The van der Waals surface area contributed by atoms with Crippen molar-refractivity contribution in [1.29, 1.82) is 0 Å². The largest absolute Gasteiger partial charge is 0.310 e. The monoisotopic (exact) mass is 299 g/mol. The van der Waals surface area contributed by atoms with Gasteiger partial charge in [0.05, 0.1) is 6.04 Å². The van der Waals surface area contributed by atoms with Crippen molar-refractivity contribution in [3.63, 3.8) is 0 Å². The molecule has 1 unspecified atom stereocenters. The van der Waals surface area contributed by atoms with Gasteiger partial charge in [-0.2, -0.15) is 0 Å². The van der Waals surface area contributed by atoms with Crippen molar-refractivity contribution in [3.8, 4) is 0 Å². The first kappa shape index (κ1) is 12.2. The fraction of sp³-hybridized carbons (Fsp3) is 0.385. The van der Waals surface area contributed by atoms with Crippen LogP contribution in [0.3, 0.4) is 0 Å². The van der Waals surface area contributed by atoms with Crippen molar-refractivity contribution < 1.29 is 0 Å². The Hall–Kier alpha value is -0.310. The summed E-state index contributed by atoms with van der Waals surface area (Å²) in [5.74, 6) is 0. The van der Waals surface area contributed by atoms with Crippen LogP contribution in [0.15, 0.2) is 34.3 Å². The molecular formula is C13H15BrClN. The first-order valence-corrected chi connectivity index (χ1v) is 6.70. The lowest BCUT2D eigenvalue weighted by atomic mass is 9.98. The molecule has 0 aliphatic heterocycles. The van der Waals surface area contributed by atoms with E-state index in [-0.39, 0.29) is 6.04 Å². The third kappa shape index (κ3) is 2.50. The summed E-state index contributed by atoms with van der Waals surface area (Å²) >= 11 is 9.72. The van der Waals surface area contributed by atoms with Crippen LogP contribution < -0.4 is 5.32 Å². The van der Waals surface area contributed by atoms with Crippen LogP contribution in [-0.2, 0) is 0 Å². The van der Waals surface area contributed by atoms with Crippen LogP contribution in [0.1, 0.15) is 30.9 Å². The highest BCUT2D eigenvalue weighted by molar-refractivity contribution is 9.10. The van der Waals surface area contributed by atoms with E-state index in [1.54, 1.807) is 0 Å². The molecular weight excluding hydrogens is 286 g/mol. The summed E-state index contributed by atoms with van der Waals surface area (Å²) in [5, 5.41) is 4.17. The molecule has 1 nitrogen and oxygen atoms in total. The van der Waals surface area contributed by atoms with Gasteiger partial charge < -0.3 is 5.32 Å². The number of hydrogen-bond donors (Lipinski definition) is 1. The van der Waals surface area contributed by atoms with E-state index in [1.165, 1.54) is 30.4 Å². The standard InChI is InChI=1S/C13H15BrClN/c1-16-13(9-4-2-3-5-9)11-7-6-10(14)8-12(11)15/h4,6-8,13,16H,2-3,5H2,1H3. The zero-order chi connectivity index (χ0) is 11.5. The van der Waals surface area contributed by atoms with Crippen LogP contribution in [0.25, 0.3) is 0 Å². The molecule has 1 N–H and O–H groups in total. The Labute approximate surface area is 110 Å². The van der Waals surface area contributed by atoms with Crippen LogP contribution in [0.5, 0.6) is 0 Å². The van der Waals surface area contributed by atoms with Crippen LogP contribution in [0.4, 0.5) is 0 Å². The molecule has 1 atom stereocenters. The summed E-state index contributed by atoms with van der Waals surface area (Å²) in [7, 11) is 1.99. The third-order valence-corrected chi connectivity index (χ3v) is 3.83. The van der Waals surface area contributed by atoms with E-state index in [2.05, 4.69) is 33.4 Å². The van der Waals surface area contributed by atoms with Crippen molar-refractivity contribution in [1.82, 2.24) is 5.32 Å². The van der Waals surface area contributed by atoms with Gasteiger partial charge in [0.25, 0.3) is 0 Å². The summed E-state index contributed by atoms with van der Waals surface area (Å²) in [6, 6.07) is 6.35. The highest BCUT2D eigenvalue weighted by atomic mass is 79.9. The lowest BCUT2D eigenvalue weighted by molar-refractivity contribution is 0.656. The molecule has 0 heterocycles. The Morgan fingerprint density at radius 2 is 2.25 bits per heavy atom. The van der Waals surface area contributed by atoms with Gasteiger partial charge in [0, 0.05) is 9.50 Å². The zero-order valence-corrected chi connectivity index (χ0v) is 11.6. The number of likely N-dealkylation sites (N-methyl/N-ethyl adjacent to an activating group) is 1. The molecule has 0 amide bonds. The topological polar surface area (TPSA) is 12.0 Å². The lowest BCUT2D eigenvalue weighted by Gasteiger charge is -2.19. The fourth-order valence-corrected chi connectivity index (χ4v) is 3.02. The average Bonchev–Trinajstić information content (AvgIpc) is 2.75. The third-order valence-electron chi connectivity index (χ3n) is 3.01. The highest BCUT2D eigenvalue weighted by Gasteiger charge is 2.19. The molecule has 0 aromatic heterocycles. The minimum atomic E-state index is 0.267. The van der Waals surface area contributed by atoms with Crippen LogP contribution in [-0.4, -0.2) is 7.05 Å². The van der Waals surface area contributed by atoms with Gasteiger partial charge in [0.1, 0.15) is 0 Å². The van der Waals surface area contributed by atoms with Crippen LogP contribution in [0, 0.1) is 0 Å². The minimum Gasteiger partial charge on any atom is -0.310 e. The quantitative estimate of drug-likeness (QED) is 0.812. The maximum Gasteiger partial charge on any atom is 0.0548 e. The molecule has 16 heavy (non-hydrogen) atoms. The maximum atomic E-state index is 6.28. The van der Waals surface area contributed by atoms with E-state index in [1.807, 2.05) is 19.2 Å².